The number of ether oxygens (including phenoxy) is 1. The summed E-state index contributed by atoms with van der Waals surface area (Å²) in [7, 11) is 1.60. The molecule has 0 heterocycles. The Kier molecular flexibility index (Phi) is 4.35. The van der Waals surface area contributed by atoms with E-state index in [0.29, 0.717) is 11.6 Å². The predicted octanol–water partition coefficient (Wildman–Crippen LogP) is 1.48. The van der Waals surface area contributed by atoms with E-state index in [9.17, 15) is 5.11 Å². The van der Waals surface area contributed by atoms with Gasteiger partial charge in [0.05, 0.1) is 12.7 Å². The lowest BCUT2D eigenvalue weighted by Crippen LogP contribution is -2.13. The Bertz CT molecular complexity index is 304. The van der Waals surface area contributed by atoms with Crippen molar-refractivity contribution in [1.29, 1.82) is 0 Å². The summed E-state index contributed by atoms with van der Waals surface area (Å²) in [6, 6.07) is 5.32. The number of aliphatic hydroxyl groups is 1. The third-order valence-electron chi connectivity index (χ3n) is 1.99. The highest BCUT2D eigenvalue weighted by Gasteiger charge is 2.11. The SMILES string of the molecule is COCc1ccc(Cl)cc1C(O)CN. The maximum absolute atomic E-state index is 9.62. The van der Waals surface area contributed by atoms with Crippen LogP contribution in [0, 0.1) is 0 Å². The van der Waals surface area contributed by atoms with E-state index in [1.165, 1.54) is 0 Å². The van der Waals surface area contributed by atoms with E-state index in [1.54, 1.807) is 19.2 Å². The molecule has 1 unspecified atom stereocenters. The summed E-state index contributed by atoms with van der Waals surface area (Å²) in [5, 5.41) is 10.2. The minimum atomic E-state index is -0.682. The summed E-state index contributed by atoms with van der Waals surface area (Å²) < 4.78 is 5.01. The Morgan fingerprint density at radius 1 is 1.57 bits per heavy atom. The van der Waals surface area contributed by atoms with Gasteiger partial charge in [0.25, 0.3) is 0 Å². The van der Waals surface area contributed by atoms with Crippen molar-refractivity contribution in [3.05, 3.63) is 34.3 Å². The Balaban J connectivity index is 3.02. The van der Waals surface area contributed by atoms with Gasteiger partial charge in [-0.25, -0.2) is 0 Å². The minimum absolute atomic E-state index is 0.178. The van der Waals surface area contributed by atoms with E-state index in [-0.39, 0.29) is 6.54 Å². The summed E-state index contributed by atoms with van der Waals surface area (Å²) >= 11 is 5.83. The molecule has 0 spiro atoms. The number of nitrogens with two attached hydrogens (primary N) is 1. The second kappa shape index (κ2) is 5.32. The van der Waals surface area contributed by atoms with Crippen molar-refractivity contribution in [2.24, 2.45) is 5.73 Å². The minimum Gasteiger partial charge on any atom is -0.387 e. The lowest BCUT2D eigenvalue weighted by molar-refractivity contribution is 0.166. The molecule has 1 atom stereocenters. The highest BCUT2D eigenvalue weighted by atomic mass is 35.5. The Hall–Kier alpha value is -0.610. The van der Waals surface area contributed by atoms with Crippen molar-refractivity contribution >= 4 is 11.6 Å². The van der Waals surface area contributed by atoms with Gasteiger partial charge >= 0.3 is 0 Å². The van der Waals surface area contributed by atoms with Gasteiger partial charge in [-0.3, -0.25) is 0 Å². The van der Waals surface area contributed by atoms with E-state index in [1.807, 2.05) is 6.07 Å². The summed E-state index contributed by atoms with van der Waals surface area (Å²) in [5.41, 5.74) is 7.04. The van der Waals surface area contributed by atoms with Crippen LogP contribution in [-0.2, 0) is 11.3 Å². The molecule has 0 bridgehead atoms. The van der Waals surface area contributed by atoms with Crippen LogP contribution in [0.3, 0.4) is 0 Å². The van der Waals surface area contributed by atoms with Crippen molar-refractivity contribution in [3.63, 3.8) is 0 Å². The summed E-state index contributed by atoms with van der Waals surface area (Å²) in [4.78, 5) is 0. The van der Waals surface area contributed by atoms with Gasteiger partial charge in [-0.15, -0.1) is 0 Å². The predicted molar refractivity (Wildman–Crippen MR) is 56.2 cm³/mol. The Labute approximate surface area is 88.4 Å². The van der Waals surface area contributed by atoms with Crippen LogP contribution >= 0.6 is 11.6 Å². The van der Waals surface area contributed by atoms with E-state index < -0.39 is 6.10 Å². The number of methoxy groups -OCH3 is 1. The first-order valence-electron chi connectivity index (χ1n) is 4.34. The number of rotatable bonds is 4. The summed E-state index contributed by atoms with van der Waals surface area (Å²) in [5.74, 6) is 0. The molecule has 0 aliphatic rings. The van der Waals surface area contributed by atoms with Crippen molar-refractivity contribution in [2.45, 2.75) is 12.7 Å². The molecule has 14 heavy (non-hydrogen) atoms. The molecule has 1 aromatic carbocycles. The zero-order chi connectivity index (χ0) is 10.6. The molecule has 0 fully saturated rings. The van der Waals surface area contributed by atoms with Gasteiger partial charge < -0.3 is 15.6 Å². The molecule has 1 aromatic rings. The topological polar surface area (TPSA) is 55.5 Å². The van der Waals surface area contributed by atoms with Crippen molar-refractivity contribution in [2.75, 3.05) is 13.7 Å². The van der Waals surface area contributed by atoms with Crippen LogP contribution in [0.4, 0.5) is 0 Å². The molecule has 0 aromatic heterocycles. The fourth-order valence-corrected chi connectivity index (χ4v) is 1.47. The number of aliphatic hydroxyl groups excluding tert-OH is 1. The fraction of sp³-hybridized carbons (Fsp3) is 0.400. The third-order valence-corrected chi connectivity index (χ3v) is 2.23. The standard InChI is InChI=1S/C10H14ClNO2/c1-14-6-7-2-3-8(11)4-9(7)10(13)5-12/h2-4,10,13H,5-6,12H2,1H3. The number of benzene rings is 1. The van der Waals surface area contributed by atoms with Gasteiger partial charge in [0, 0.05) is 18.7 Å². The third kappa shape index (κ3) is 2.69. The van der Waals surface area contributed by atoms with E-state index >= 15 is 0 Å². The van der Waals surface area contributed by atoms with Crippen molar-refractivity contribution in [3.8, 4) is 0 Å². The maximum Gasteiger partial charge on any atom is 0.0916 e. The normalized spacial score (nSPS) is 12.9. The highest BCUT2D eigenvalue weighted by Crippen LogP contribution is 2.22. The highest BCUT2D eigenvalue weighted by molar-refractivity contribution is 6.30. The van der Waals surface area contributed by atoms with Crippen LogP contribution in [-0.4, -0.2) is 18.8 Å². The maximum atomic E-state index is 9.62. The van der Waals surface area contributed by atoms with Gasteiger partial charge in [0.15, 0.2) is 0 Å². The van der Waals surface area contributed by atoms with Gasteiger partial charge in [-0.1, -0.05) is 17.7 Å². The second-order valence-corrected chi connectivity index (χ2v) is 3.46. The van der Waals surface area contributed by atoms with Gasteiger partial charge in [-0.05, 0) is 23.3 Å². The molecule has 3 nitrogen and oxygen atoms in total. The van der Waals surface area contributed by atoms with E-state index in [2.05, 4.69) is 0 Å². The second-order valence-electron chi connectivity index (χ2n) is 3.03. The van der Waals surface area contributed by atoms with Gasteiger partial charge in [-0.2, -0.15) is 0 Å². The molecule has 78 valence electrons. The zero-order valence-electron chi connectivity index (χ0n) is 8.03. The van der Waals surface area contributed by atoms with Gasteiger partial charge in [0.2, 0.25) is 0 Å². The van der Waals surface area contributed by atoms with E-state index in [4.69, 9.17) is 22.1 Å². The molecule has 4 heteroatoms. The average Bonchev–Trinajstić information content (AvgIpc) is 2.20. The summed E-state index contributed by atoms with van der Waals surface area (Å²) in [6.07, 6.45) is -0.682. The van der Waals surface area contributed by atoms with Crippen molar-refractivity contribution < 1.29 is 9.84 Å². The smallest absolute Gasteiger partial charge is 0.0916 e. The van der Waals surface area contributed by atoms with Crippen molar-refractivity contribution in [1.82, 2.24) is 0 Å². The molecular formula is C10H14ClNO2. The lowest BCUT2D eigenvalue weighted by atomic mass is 10.0. The Morgan fingerprint density at radius 3 is 2.86 bits per heavy atom. The molecule has 1 rings (SSSR count). The van der Waals surface area contributed by atoms with Crippen LogP contribution in [0.15, 0.2) is 18.2 Å². The summed E-state index contributed by atoms with van der Waals surface area (Å²) in [6.45, 7) is 0.626. The molecule has 3 N–H and O–H groups in total. The first-order chi connectivity index (χ1) is 6.69. The number of halogens is 1. The largest absolute Gasteiger partial charge is 0.387 e. The molecule has 0 amide bonds. The van der Waals surface area contributed by atoms with E-state index in [0.717, 1.165) is 11.1 Å². The average molecular weight is 216 g/mol. The molecule has 0 radical (unpaired) electrons. The number of hydrogen-bond donors (Lipinski definition) is 2. The van der Waals surface area contributed by atoms with Gasteiger partial charge in [0.1, 0.15) is 0 Å². The monoisotopic (exact) mass is 215 g/mol. The molecule has 0 aliphatic carbocycles. The molecule has 0 saturated carbocycles. The van der Waals surface area contributed by atoms with Crippen LogP contribution in [0.1, 0.15) is 17.2 Å². The van der Waals surface area contributed by atoms with Crippen LogP contribution in [0.2, 0.25) is 5.02 Å². The lowest BCUT2D eigenvalue weighted by Gasteiger charge is -2.13. The quantitative estimate of drug-likeness (QED) is 0.800. The zero-order valence-corrected chi connectivity index (χ0v) is 8.79. The first kappa shape index (κ1) is 11.5. The molecule has 0 saturated heterocycles. The number of hydrogen-bond acceptors (Lipinski definition) is 3. The first-order valence-corrected chi connectivity index (χ1v) is 4.72. The fourth-order valence-electron chi connectivity index (χ4n) is 1.29. The molecular weight excluding hydrogens is 202 g/mol. The van der Waals surface area contributed by atoms with Crippen LogP contribution in [0.25, 0.3) is 0 Å². The van der Waals surface area contributed by atoms with Crippen LogP contribution in [0.5, 0.6) is 0 Å². The molecule has 0 aliphatic heterocycles. The van der Waals surface area contributed by atoms with Crippen LogP contribution < -0.4 is 5.73 Å². The Morgan fingerprint density at radius 2 is 2.29 bits per heavy atom.